The molecule has 0 bridgehead atoms. The Labute approximate surface area is 123 Å². The summed E-state index contributed by atoms with van der Waals surface area (Å²) in [5.74, 6) is 0. The van der Waals surface area contributed by atoms with E-state index >= 15 is 0 Å². The van der Waals surface area contributed by atoms with E-state index in [1.807, 2.05) is 17.8 Å². The summed E-state index contributed by atoms with van der Waals surface area (Å²) in [5.41, 5.74) is 1.37. The first-order valence-electron chi connectivity index (χ1n) is 5.89. The summed E-state index contributed by atoms with van der Waals surface area (Å²) in [6.07, 6.45) is 1.46. The van der Waals surface area contributed by atoms with Crippen molar-refractivity contribution in [2.24, 2.45) is 0 Å². The Kier molecular flexibility index (Phi) is 3.80. The van der Waals surface area contributed by atoms with Gasteiger partial charge in [0.1, 0.15) is 0 Å². The van der Waals surface area contributed by atoms with Gasteiger partial charge in [-0.1, -0.05) is 18.2 Å². The molecule has 94 valence electrons. The molecule has 18 heavy (non-hydrogen) atoms. The zero-order chi connectivity index (χ0) is 12.5. The van der Waals surface area contributed by atoms with Crippen molar-refractivity contribution in [3.8, 4) is 0 Å². The number of benzene rings is 1. The molecule has 1 aliphatic rings. The highest BCUT2D eigenvalue weighted by Gasteiger charge is 2.28. The van der Waals surface area contributed by atoms with Crippen LogP contribution in [0, 0.1) is 0 Å². The van der Waals surface area contributed by atoms with Crippen molar-refractivity contribution in [2.45, 2.75) is 29.1 Å². The van der Waals surface area contributed by atoms with Crippen molar-refractivity contribution >= 4 is 39.0 Å². The zero-order valence-electron chi connectivity index (χ0n) is 9.67. The van der Waals surface area contributed by atoms with E-state index in [2.05, 4.69) is 46.3 Å². The number of fused-ring (bicyclic) bond motifs is 1. The van der Waals surface area contributed by atoms with E-state index in [0.717, 1.165) is 16.6 Å². The van der Waals surface area contributed by atoms with Crippen LogP contribution in [0.2, 0.25) is 0 Å². The zero-order valence-corrected chi connectivity index (χ0v) is 12.9. The van der Waals surface area contributed by atoms with E-state index in [-0.39, 0.29) is 6.10 Å². The van der Waals surface area contributed by atoms with E-state index in [9.17, 15) is 5.11 Å². The fourth-order valence-corrected chi connectivity index (χ4v) is 5.06. The number of thioether (sulfide) groups is 1. The molecule has 3 rings (SSSR count). The molecule has 0 amide bonds. The number of halogens is 1. The third kappa shape index (κ3) is 2.67. The normalized spacial score (nSPS) is 19.8. The summed E-state index contributed by atoms with van der Waals surface area (Å²) < 4.78 is 1.13. The molecule has 1 aromatic heterocycles. The lowest BCUT2D eigenvalue weighted by molar-refractivity contribution is 0.173. The van der Waals surface area contributed by atoms with Gasteiger partial charge in [0, 0.05) is 21.4 Å². The SMILES string of the molecule is OC(Cc1ccc(Br)s1)C1Cc2ccccc2S1. The van der Waals surface area contributed by atoms with Gasteiger partial charge in [-0.25, -0.2) is 0 Å². The minimum atomic E-state index is -0.270. The standard InChI is InChI=1S/C14H13BrOS2/c15-14-6-5-10(17-14)8-11(16)13-7-9-3-1-2-4-12(9)18-13/h1-6,11,13,16H,7-8H2. The molecule has 0 saturated heterocycles. The van der Waals surface area contributed by atoms with Crippen LogP contribution in [-0.4, -0.2) is 16.5 Å². The lowest BCUT2D eigenvalue weighted by Gasteiger charge is -2.15. The van der Waals surface area contributed by atoms with Gasteiger partial charge in [0.25, 0.3) is 0 Å². The van der Waals surface area contributed by atoms with Gasteiger partial charge >= 0.3 is 0 Å². The first-order valence-corrected chi connectivity index (χ1v) is 8.38. The van der Waals surface area contributed by atoms with E-state index in [4.69, 9.17) is 0 Å². The second kappa shape index (κ2) is 5.37. The number of hydrogen-bond donors (Lipinski definition) is 1. The maximum absolute atomic E-state index is 10.4. The first-order chi connectivity index (χ1) is 8.72. The van der Waals surface area contributed by atoms with Crippen molar-refractivity contribution in [3.05, 3.63) is 50.6 Å². The van der Waals surface area contributed by atoms with Gasteiger partial charge < -0.3 is 5.11 Å². The molecule has 2 aromatic rings. The fraction of sp³-hybridized carbons (Fsp3) is 0.286. The van der Waals surface area contributed by atoms with E-state index in [0.29, 0.717) is 5.25 Å². The van der Waals surface area contributed by atoms with Gasteiger partial charge in [0.2, 0.25) is 0 Å². The smallest absolute Gasteiger partial charge is 0.0713 e. The number of rotatable bonds is 3. The second-order valence-corrected chi connectivity index (χ2v) is 8.27. The summed E-state index contributed by atoms with van der Waals surface area (Å²) >= 11 is 6.98. The van der Waals surface area contributed by atoms with Crippen LogP contribution in [0.3, 0.4) is 0 Å². The topological polar surface area (TPSA) is 20.2 Å². The van der Waals surface area contributed by atoms with Crippen molar-refractivity contribution in [1.29, 1.82) is 0 Å². The van der Waals surface area contributed by atoms with Crippen LogP contribution in [0.15, 0.2) is 45.1 Å². The monoisotopic (exact) mass is 340 g/mol. The minimum Gasteiger partial charge on any atom is -0.392 e. The summed E-state index contributed by atoms with van der Waals surface area (Å²) in [7, 11) is 0. The molecule has 2 heterocycles. The number of aliphatic hydroxyl groups is 1. The highest BCUT2D eigenvalue weighted by Crippen LogP contribution is 2.39. The predicted octanol–water partition coefficient (Wildman–Crippen LogP) is 4.13. The van der Waals surface area contributed by atoms with E-state index in [1.54, 1.807) is 11.3 Å². The third-order valence-electron chi connectivity index (χ3n) is 3.14. The molecule has 2 atom stereocenters. The highest BCUT2D eigenvalue weighted by molar-refractivity contribution is 9.11. The molecule has 4 heteroatoms. The first kappa shape index (κ1) is 12.7. The quantitative estimate of drug-likeness (QED) is 0.906. The molecule has 0 saturated carbocycles. The van der Waals surface area contributed by atoms with Crippen LogP contribution in [0.4, 0.5) is 0 Å². The Morgan fingerprint density at radius 1 is 1.28 bits per heavy atom. The highest BCUT2D eigenvalue weighted by atomic mass is 79.9. The second-order valence-electron chi connectivity index (χ2n) is 4.45. The molecule has 1 aliphatic heterocycles. The van der Waals surface area contributed by atoms with E-state index < -0.39 is 0 Å². The molecule has 2 unspecified atom stereocenters. The van der Waals surface area contributed by atoms with Crippen LogP contribution in [0.1, 0.15) is 10.4 Å². The third-order valence-corrected chi connectivity index (χ3v) is 6.22. The van der Waals surface area contributed by atoms with Gasteiger partial charge in [-0.2, -0.15) is 0 Å². The summed E-state index contributed by atoms with van der Waals surface area (Å²) in [4.78, 5) is 2.57. The fourth-order valence-electron chi connectivity index (χ4n) is 2.22. The molecule has 1 aromatic carbocycles. The maximum Gasteiger partial charge on any atom is 0.0713 e. The molecular formula is C14H13BrOS2. The van der Waals surface area contributed by atoms with Crippen molar-refractivity contribution in [2.75, 3.05) is 0 Å². The van der Waals surface area contributed by atoms with Gasteiger partial charge in [0.15, 0.2) is 0 Å². The van der Waals surface area contributed by atoms with Crippen molar-refractivity contribution < 1.29 is 5.11 Å². The lowest BCUT2D eigenvalue weighted by atomic mass is 10.0. The summed E-state index contributed by atoms with van der Waals surface area (Å²) in [6.45, 7) is 0. The maximum atomic E-state index is 10.4. The Balaban J connectivity index is 1.67. The molecule has 1 N–H and O–H groups in total. The lowest BCUT2D eigenvalue weighted by Crippen LogP contribution is -2.24. The average molecular weight is 341 g/mol. The molecule has 1 nitrogen and oxygen atoms in total. The van der Waals surface area contributed by atoms with Gasteiger partial charge in [-0.05, 0) is 46.1 Å². The number of thiophene rings is 1. The van der Waals surface area contributed by atoms with Crippen molar-refractivity contribution in [3.63, 3.8) is 0 Å². The Bertz CT molecular complexity index is 527. The van der Waals surface area contributed by atoms with Crippen molar-refractivity contribution in [1.82, 2.24) is 0 Å². The summed E-state index contributed by atoms with van der Waals surface area (Å²) in [5, 5.41) is 10.6. The molecular weight excluding hydrogens is 328 g/mol. The Hall–Kier alpha value is -0.290. The van der Waals surface area contributed by atoms with Gasteiger partial charge in [-0.3, -0.25) is 0 Å². The Morgan fingerprint density at radius 2 is 2.11 bits per heavy atom. The molecule has 0 radical (unpaired) electrons. The molecule has 0 fully saturated rings. The molecule has 0 spiro atoms. The van der Waals surface area contributed by atoms with Gasteiger partial charge in [0.05, 0.1) is 9.89 Å². The van der Waals surface area contributed by atoms with Crippen LogP contribution in [-0.2, 0) is 12.8 Å². The van der Waals surface area contributed by atoms with Gasteiger partial charge in [-0.15, -0.1) is 23.1 Å². The Morgan fingerprint density at radius 3 is 2.83 bits per heavy atom. The van der Waals surface area contributed by atoms with Crippen LogP contribution in [0.25, 0.3) is 0 Å². The number of aliphatic hydroxyl groups excluding tert-OH is 1. The predicted molar refractivity (Wildman–Crippen MR) is 81.5 cm³/mol. The van der Waals surface area contributed by atoms with Crippen LogP contribution < -0.4 is 0 Å². The summed E-state index contributed by atoms with van der Waals surface area (Å²) in [6, 6.07) is 12.6. The van der Waals surface area contributed by atoms with E-state index in [1.165, 1.54) is 15.3 Å². The minimum absolute atomic E-state index is 0.270. The van der Waals surface area contributed by atoms with Crippen LogP contribution in [0.5, 0.6) is 0 Å². The number of hydrogen-bond acceptors (Lipinski definition) is 3. The largest absolute Gasteiger partial charge is 0.392 e. The average Bonchev–Trinajstić information content (AvgIpc) is 2.95. The molecule has 0 aliphatic carbocycles. The van der Waals surface area contributed by atoms with Crippen LogP contribution >= 0.6 is 39.0 Å².